The molecule has 1 atom stereocenters. The van der Waals surface area contributed by atoms with Crippen LogP contribution in [0.1, 0.15) is 12.5 Å². The van der Waals surface area contributed by atoms with Gasteiger partial charge in [-0.15, -0.1) is 0 Å². The van der Waals surface area contributed by atoms with Crippen LogP contribution in [0.25, 0.3) is 11.1 Å². The van der Waals surface area contributed by atoms with Gasteiger partial charge in [-0.25, -0.2) is 4.79 Å². The van der Waals surface area contributed by atoms with Crippen LogP contribution in [-0.2, 0) is 4.79 Å². The topological polar surface area (TPSA) is 58.9 Å². The Kier molecular flexibility index (Phi) is 5.44. The van der Waals surface area contributed by atoms with Gasteiger partial charge in [-0.1, -0.05) is 42.5 Å². The zero-order chi connectivity index (χ0) is 18.4. The highest BCUT2D eigenvalue weighted by molar-refractivity contribution is 5.82. The van der Waals surface area contributed by atoms with Gasteiger partial charge < -0.3 is 9.84 Å². The van der Waals surface area contributed by atoms with Crippen LogP contribution < -0.4 is 4.74 Å². The summed E-state index contributed by atoms with van der Waals surface area (Å²) >= 11 is 0. The van der Waals surface area contributed by atoms with Crippen LogP contribution in [0.15, 0.2) is 83.9 Å². The third-order valence-corrected chi connectivity index (χ3v) is 3.88. The lowest BCUT2D eigenvalue weighted by Crippen LogP contribution is -2.22. The van der Waals surface area contributed by atoms with Crippen molar-refractivity contribution in [1.82, 2.24) is 0 Å². The van der Waals surface area contributed by atoms with E-state index in [0.29, 0.717) is 5.75 Å². The number of aliphatic carboxylic acids is 1. The molecule has 1 N–H and O–H groups in total. The van der Waals surface area contributed by atoms with Crippen molar-refractivity contribution in [3.63, 3.8) is 0 Å². The minimum atomic E-state index is -0.991. The summed E-state index contributed by atoms with van der Waals surface area (Å²) in [6.07, 6.45) is 0.889. The molecule has 0 unspecified atom stereocenters. The largest absolute Gasteiger partial charge is 0.479 e. The van der Waals surface area contributed by atoms with Crippen LogP contribution >= 0.6 is 0 Å². The van der Waals surface area contributed by atoms with Gasteiger partial charge in [-0.3, -0.25) is 4.99 Å². The average Bonchev–Trinajstić information content (AvgIpc) is 2.68. The van der Waals surface area contributed by atoms with Crippen LogP contribution in [-0.4, -0.2) is 23.4 Å². The third kappa shape index (κ3) is 4.57. The standard InChI is InChI=1S/C22H19NO3/c1-16(22(24)25)26-21-13-7-17(8-14-21)15-23-20-11-9-19(10-12-20)18-5-3-2-4-6-18/h2-16H,1H3,(H,24,25)/t16-/m0/s1. The van der Waals surface area contributed by atoms with E-state index in [1.54, 1.807) is 18.3 Å². The first-order chi connectivity index (χ1) is 12.6. The molecular weight excluding hydrogens is 326 g/mol. The highest BCUT2D eigenvalue weighted by Gasteiger charge is 2.11. The van der Waals surface area contributed by atoms with E-state index in [9.17, 15) is 4.79 Å². The summed E-state index contributed by atoms with van der Waals surface area (Å²) in [7, 11) is 0. The molecule has 0 aliphatic carbocycles. The Labute approximate surface area is 152 Å². The number of nitrogens with zero attached hydrogens (tertiary/aromatic N) is 1. The number of carbonyl (C=O) groups is 1. The first kappa shape index (κ1) is 17.4. The zero-order valence-corrected chi connectivity index (χ0v) is 14.4. The molecule has 0 saturated heterocycles. The van der Waals surface area contributed by atoms with E-state index in [-0.39, 0.29) is 0 Å². The smallest absolute Gasteiger partial charge is 0.344 e. The predicted molar refractivity (Wildman–Crippen MR) is 103 cm³/mol. The monoisotopic (exact) mass is 345 g/mol. The quantitative estimate of drug-likeness (QED) is 0.643. The molecule has 4 nitrogen and oxygen atoms in total. The van der Waals surface area contributed by atoms with Crippen LogP contribution in [0.2, 0.25) is 0 Å². The lowest BCUT2D eigenvalue weighted by molar-refractivity contribution is -0.144. The van der Waals surface area contributed by atoms with E-state index in [4.69, 9.17) is 9.84 Å². The minimum absolute atomic E-state index is 0.518. The van der Waals surface area contributed by atoms with E-state index < -0.39 is 12.1 Å². The Morgan fingerprint density at radius 1 is 0.923 bits per heavy atom. The van der Waals surface area contributed by atoms with Crippen molar-refractivity contribution in [3.05, 3.63) is 84.4 Å². The van der Waals surface area contributed by atoms with Gasteiger partial charge in [-0.2, -0.15) is 0 Å². The van der Waals surface area contributed by atoms with E-state index in [2.05, 4.69) is 17.1 Å². The highest BCUT2D eigenvalue weighted by Crippen LogP contribution is 2.22. The van der Waals surface area contributed by atoms with Crippen LogP contribution in [0.5, 0.6) is 5.75 Å². The Hall–Kier alpha value is -3.40. The van der Waals surface area contributed by atoms with Crippen molar-refractivity contribution in [2.75, 3.05) is 0 Å². The Morgan fingerprint density at radius 2 is 1.54 bits per heavy atom. The molecule has 0 fully saturated rings. The predicted octanol–water partition coefficient (Wildman–Crippen LogP) is 4.96. The average molecular weight is 345 g/mol. The maximum Gasteiger partial charge on any atom is 0.344 e. The SMILES string of the molecule is C[C@H](Oc1ccc(C=Nc2ccc(-c3ccccc3)cc2)cc1)C(=O)O. The number of benzene rings is 3. The Balaban J connectivity index is 1.65. The molecule has 3 rings (SSSR count). The number of carboxylic acids is 1. The number of carboxylic acid groups (broad SMARTS) is 1. The van der Waals surface area contributed by atoms with Gasteiger partial charge in [0.2, 0.25) is 0 Å². The summed E-state index contributed by atoms with van der Waals surface area (Å²) < 4.78 is 5.30. The number of hydrogen-bond acceptors (Lipinski definition) is 3. The fourth-order valence-electron chi connectivity index (χ4n) is 2.41. The number of aliphatic imine (C=N–C) groups is 1. The van der Waals surface area contributed by atoms with Gasteiger partial charge in [0.15, 0.2) is 6.10 Å². The summed E-state index contributed by atoms with van der Waals surface area (Å²) in [6.45, 7) is 1.50. The molecule has 4 heteroatoms. The molecule has 0 heterocycles. The van der Waals surface area contributed by atoms with Crippen LogP contribution in [0.3, 0.4) is 0 Å². The molecule has 0 spiro atoms. The number of rotatable bonds is 6. The van der Waals surface area contributed by atoms with Gasteiger partial charge in [0.05, 0.1) is 5.69 Å². The number of hydrogen-bond donors (Lipinski definition) is 1. The van der Waals surface area contributed by atoms with Crippen molar-refractivity contribution in [3.8, 4) is 16.9 Å². The Morgan fingerprint density at radius 3 is 2.15 bits per heavy atom. The molecule has 0 amide bonds. The molecule has 3 aromatic carbocycles. The second-order valence-electron chi connectivity index (χ2n) is 5.84. The molecule has 0 saturated carbocycles. The van der Waals surface area contributed by atoms with E-state index in [1.807, 2.05) is 54.6 Å². The van der Waals surface area contributed by atoms with Crippen molar-refractivity contribution in [2.24, 2.45) is 4.99 Å². The maximum absolute atomic E-state index is 10.8. The van der Waals surface area contributed by atoms with Gasteiger partial charge in [0, 0.05) is 6.21 Å². The molecule has 0 bridgehead atoms. The summed E-state index contributed by atoms with van der Waals surface area (Å²) in [5.74, 6) is -0.473. The molecule has 3 aromatic rings. The van der Waals surface area contributed by atoms with Gasteiger partial charge in [-0.05, 0) is 60.0 Å². The summed E-state index contributed by atoms with van der Waals surface area (Å²) in [6, 6.07) is 25.4. The molecular formula is C22H19NO3. The Bertz CT molecular complexity index is 885. The lowest BCUT2D eigenvalue weighted by Gasteiger charge is -2.09. The first-order valence-corrected chi connectivity index (χ1v) is 8.31. The molecule has 0 aliphatic rings. The normalized spacial score (nSPS) is 12.0. The summed E-state index contributed by atoms with van der Waals surface area (Å²) in [4.78, 5) is 15.3. The highest BCUT2D eigenvalue weighted by atomic mass is 16.5. The molecule has 0 aromatic heterocycles. The molecule has 0 radical (unpaired) electrons. The maximum atomic E-state index is 10.8. The van der Waals surface area contributed by atoms with Crippen molar-refractivity contribution >= 4 is 17.9 Å². The fourth-order valence-corrected chi connectivity index (χ4v) is 2.41. The zero-order valence-electron chi connectivity index (χ0n) is 14.4. The number of ether oxygens (including phenoxy) is 1. The van der Waals surface area contributed by atoms with Crippen molar-refractivity contribution < 1.29 is 14.6 Å². The lowest BCUT2D eigenvalue weighted by atomic mass is 10.1. The van der Waals surface area contributed by atoms with E-state index in [0.717, 1.165) is 16.8 Å². The fraction of sp³-hybridized carbons (Fsp3) is 0.0909. The van der Waals surface area contributed by atoms with Crippen LogP contribution in [0, 0.1) is 0 Å². The van der Waals surface area contributed by atoms with Gasteiger partial charge >= 0.3 is 5.97 Å². The second-order valence-corrected chi connectivity index (χ2v) is 5.84. The molecule has 0 aliphatic heterocycles. The van der Waals surface area contributed by atoms with Gasteiger partial charge in [0.1, 0.15) is 5.75 Å². The van der Waals surface area contributed by atoms with Crippen LogP contribution in [0.4, 0.5) is 5.69 Å². The second kappa shape index (κ2) is 8.12. The first-order valence-electron chi connectivity index (χ1n) is 8.31. The van der Waals surface area contributed by atoms with Gasteiger partial charge in [0.25, 0.3) is 0 Å². The molecule has 130 valence electrons. The summed E-state index contributed by atoms with van der Waals surface area (Å²) in [5, 5.41) is 8.85. The summed E-state index contributed by atoms with van der Waals surface area (Å²) in [5.41, 5.74) is 4.10. The van der Waals surface area contributed by atoms with Crippen molar-refractivity contribution in [1.29, 1.82) is 0 Å². The van der Waals surface area contributed by atoms with Crippen molar-refractivity contribution in [2.45, 2.75) is 13.0 Å². The van der Waals surface area contributed by atoms with E-state index >= 15 is 0 Å². The molecule has 26 heavy (non-hydrogen) atoms. The van der Waals surface area contributed by atoms with E-state index in [1.165, 1.54) is 12.5 Å². The third-order valence-electron chi connectivity index (χ3n) is 3.88. The minimum Gasteiger partial charge on any atom is -0.479 e.